The average Bonchev–Trinajstić information content (AvgIpc) is 3.42. The first-order chi connectivity index (χ1) is 15.0. The molecule has 6 nitrogen and oxygen atoms in total. The number of ether oxygens (including phenoxy) is 1. The number of rotatable bonds is 8. The third-order valence-corrected chi connectivity index (χ3v) is 6.78. The van der Waals surface area contributed by atoms with Gasteiger partial charge in [-0.2, -0.15) is 11.3 Å². The van der Waals surface area contributed by atoms with E-state index in [0.717, 1.165) is 35.1 Å². The lowest BCUT2D eigenvalue weighted by Gasteiger charge is -2.30. The molecule has 7 heteroatoms. The number of nitrogens with one attached hydrogen (secondary N) is 1. The Kier molecular flexibility index (Phi) is 6.23. The van der Waals surface area contributed by atoms with Crippen LogP contribution in [-0.2, 0) is 22.6 Å². The highest BCUT2D eigenvalue weighted by Gasteiger charge is 2.38. The van der Waals surface area contributed by atoms with Gasteiger partial charge >= 0.3 is 0 Å². The minimum absolute atomic E-state index is 0.0682. The minimum Gasteiger partial charge on any atom is -0.494 e. The Morgan fingerprint density at radius 1 is 1.32 bits per heavy atom. The molecule has 0 bridgehead atoms. The molecule has 3 aromatic rings. The van der Waals surface area contributed by atoms with Crippen molar-refractivity contribution in [2.24, 2.45) is 0 Å². The Morgan fingerprint density at radius 3 is 2.90 bits per heavy atom. The summed E-state index contributed by atoms with van der Waals surface area (Å²) in [4.78, 5) is 31.1. The second-order valence-electron chi connectivity index (χ2n) is 8.21. The summed E-state index contributed by atoms with van der Waals surface area (Å²) in [5.41, 5.74) is 2.71. The van der Waals surface area contributed by atoms with Gasteiger partial charge in [-0.15, -0.1) is 0 Å². The van der Waals surface area contributed by atoms with E-state index in [1.165, 1.54) is 5.56 Å². The number of hydrogen-bond donors (Lipinski definition) is 1. The quantitative estimate of drug-likeness (QED) is 0.580. The van der Waals surface area contributed by atoms with Gasteiger partial charge < -0.3 is 15.0 Å². The summed E-state index contributed by atoms with van der Waals surface area (Å²) in [6, 6.07) is 9.87. The van der Waals surface area contributed by atoms with E-state index in [-0.39, 0.29) is 17.4 Å². The predicted octanol–water partition coefficient (Wildman–Crippen LogP) is 3.94. The van der Waals surface area contributed by atoms with Crippen molar-refractivity contribution in [3.63, 3.8) is 0 Å². The van der Waals surface area contributed by atoms with Crippen molar-refractivity contribution >= 4 is 34.1 Å². The SMILES string of the molecule is COc1ccc(CN(C)C(=O)CCC2(Cc3ccsc3)CCC(=O)N2)c2cccnc12. The molecule has 1 N–H and O–H groups in total. The maximum Gasteiger partial charge on any atom is 0.222 e. The molecule has 1 fully saturated rings. The van der Waals surface area contributed by atoms with Gasteiger partial charge in [0, 0.05) is 43.6 Å². The molecule has 3 heterocycles. The smallest absolute Gasteiger partial charge is 0.222 e. The molecule has 0 spiro atoms. The summed E-state index contributed by atoms with van der Waals surface area (Å²) in [6.07, 6.45) is 4.85. The Morgan fingerprint density at radius 2 is 2.19 bits per heavy atom. The number of benzene rings is 1. The first kappa shape index (κ1) is 21.3. The van der Waals surface area contributed by atoms with E-state index in [0.29, 0.717) is 25.8 Å². The molecule has 0 aliphatic carbocycles. The lowest BCUT2D eigenvalue weighted by Crippen LogP contribution is -2.44. The molecule has 4 rings (SSSR count). The number of thiophene rings is 1. The van der Waals surface area contributed by atoms with Crippen molar-refractivity contribution in [1.29, 1.82) is 0 Å². The second kappa shape index (κ2) is 9.06. The van der Waals surface area contributed by atoms with Gasteiger partial charge in [0.05, 0.1) is 7.11 Å². The molecule has 0 radical (unpaired) electrons. The van der Waals surface area contributed by atoms with Crippen LogP contribution in [0.5, 0.6) is 5.75 Å². The van der Waals surface area contributed by atoms with Crippen molar-refractivity contribution in [3.8, 4) is 5.75 Å². The van der Waals surface area contributed by atoms with Crippen LogP contribution >= 0.6 is 11.3 Å². The molecule has 2 aromatic heterocycles. The number of fused-ring (bicyclic) bond motifs is 1. The molecular weight excluding hydrogens is 410 g/mol. The Hall–Kier alpha value is -2.93. The van der Waals surface area contributed by atoms with E-state index in [9.17, 15) is 9.59 Å². The third-order valence-electron chi connectivity index (χ3n) is 6.05. The van der Waals surface area contributed by atoms with Crippen molar-refractivity contribution < 1.29 is 14.3 Å². The first-order valence-corrected chi connectivity index (χ1v) is 11.4. The van der Waals surface area contributed by atoms with Crippen LogP contribution in [0.2, 0.25) is 0 Å². The Bertz CT molecular complexity index is 1080. The molecular formula is C24H27N3O3S. The highest BCUT2D eigenvalue weighted by molar-refractivity contribution is 7.07. The van der Waals surface area contributed by atoms with Crippen molar-refractivity contribution in [1.82, 2.24) is 15.2 Å². The summed E-state index contributed by atoms with van der Waals surface area (Å²) in [6.45, 7) is 0.495. The van der Waals surface area contributed by atoms with Crippen LogP contribution in [-0.4, -0.2) is 41.4 Å². The number of amides is 2. The van der Waals surface area contributed by atoms with E-state index >= 15 is 0 Å². The zero-order valence-electron chi connectivity index (χ0n) is 17.9. The monoisotopic (exact) mass is 437 g/mol. The maximum atomic E-state index is 13.0. The summed E-state index contributed by atoms with van der Waals surface area (Å²) in [5.74, 6) is 0.868. The van der Waals surface area contributed by atoms with Crippen LogP contribution in [0.4, 0.5) is 0 Å². The second-order valence-corrected chi connectivity index (χ2v) is 8.99. The zero-order valence-corrected chi connectivity index (χ0v) is 18.7. The van der Waals surface area contributed by atoms with Crippen LogP contribution in [0.15, 0.2) is 47.3 Å². The molecule has 162 valence electrons. The lowest BCUT2D eigenvalue weighted by molar-refractivity contribution is -0.131. The molecule has 0 saturated carbocycles. The maximum absolute atomic E-state index is 13.0. The number of carbonyl (C=O) groups excluding carboxylic acids is 2. The average molecular weight is 438 g/mol. The van der Waals surface area contributed by atoms with Gasteiger partial charge in [0.15, 0.2) is 0 Å². The molecule has 2 amide bonds. The number of methoxy groups -OCH3 is 1. The number of carbonyl (C=O) groups is 2. The van der Waals surface area contributed by atoms with Gasteiger partial charge in [0.2, 0.25) is 11.8 Å². The number of aromatic nitrogens is 1. The van der Waals surface area contributed by atoms with Crippen LogP contribution in [0.1, 0.15) is 36.8 Å². The molecule has 1 atom stereocenters. The third kappa shape index (κ3) is 4.71. The fraction of sp³-hybridized carbons (Fsp3) is 0.375. The van der Waals surface area contributed by atoms with E-state index in [4.69, 9.17) is 4.74 Å². The topological polar surface area (TPSA) is 71.5 Å². The van der Waals surface area contributed by atoms with Gasteiger partial charge in [0.25, 0.3) is 0 Å². The van der Waals surface area contributed by atoms with Crippen LogP contribution in [0.25, 0.3) is 10.9 Å². The van der Waals surface area contributed by atoms with E-state index in [1.807, 2.05) is 36.7 Å². The standard InChI is InChI=1S/C24H27N3O3S/c1-27(15-18-5-6-20(30-2)23-19(18)4-3-12-25-23)22(29)8-11-24(10-7-21(28)26-24)14-17-9-13-31-16-17/h3-6,9,12-13,16H,7-8,10-11,14-15H2,1-2H3,(H,26,28). The largest absolute Gasteiger partial charge is 0.494 e. The van der Waals surface area contributed by atoms with Crippen LogP contribution in [0, 0.1) is 0 Å². The van der Waals surface area contributed by atoms with Gasteiger partial charge in [-0.1, -0.05) is 12.1 Å². The summed E-state index contributed by atoms with van der Waals surface area (Å²) in [5, 5.41) is 8.31. The highest BCUT2D eigenvalue weighted by Crippen LogP contribution is 2.31. The number of hydrogen-bond acceptors (Lipinski definition) is 5. The molecule has 1 unspecified atom stereocenters. The van der Waals surface area contributed by atoms with Gasteiger partial charge in [-0.3, -0.25) is 14.6 Å². The summed E-state index contributed by atoms with van der Waals surface area (Å²) >= 11 is 1.65. The molecule has 1 aromatic carbocycles. The normalized spacial score (nSPS) is 18.2. The molecule has 1 saturated heterocycles. The Balaban J connectivity index is 1.44. The fourth-order valence-electron chi connectivity index (χ4n) is 4.36. The zero-order chi connectivity index (χ0) is 21.8. The van der Waals surface area contributed by atoms with Gasteiger partial charge in [0.1, 0.15) is 11.3 Å². The minimum atomic E-state index is -0.328. The van der Waals surface area contributed by atoms with E-state index in [2.05, 4.69) is 21.7 Å². The molecule has 1 aliphatic rings. The van der Waals surface area contributed by atoms with Gasteiger partial charge in [-0.05, 0) is 59.3 Å². The number of nitrogens with zero attached hydrogens (tertiary/aromatic N) is 2. The summed E-state index contributed by atoms with van der Waals surface area (Å²) in [7, 11) is 3.46. The Labute approximate surface area is 186 Å². The van der Waals surface area contributed by atoms with Crippen molar-refractivity contribution in [2.75, 3.05) is 14.2 Å². The van der Waals surface area contributed by atoms with Crippen LogP contribution in [0.3, 0.4) is 0 Å². The number of pyridine rings is 1. The van der Waals surface area contributed by atoms with Crippen LogP contribution < -0.4 is 10.1 Å². The van der Waals surface area contributed by atoms with E-state index in [1.54, 1.807) is 29.5 Å². The molecule has 1 aliphatic heterocycles. The summed E-state index contributed by atoms with van der Waals surface area (Å²) < 4.78 is 5.42. The fourth-order valence-corrected chi connectivity index (χ4v) is 5.02. The molecule has 31 heavy (non-hydrogen) atoms. The van der Waals surface area contributed by atoms with Crippen molar-refractivity contribution in [3.05, 3.63) is 58.4 Å². The van der Waals surface area contributed by atoms with Crippen molar-refractivity contribution in [2.45, 2.75) is 44.2 Å². The lowest BCUT2D eigenvalue weighted by atomic mass is 9.85. The first-order valence-electron chi connectivity index (χ1n) is 10.5. The predicted molar refractivity (Wildman–Crippen MR) is 122 cm³/mol. The van der Waals surface area contributed by atoms with Gasteiger partial charge in [-0.25, -0.2) is 0 Å². The van der Waals surface area contributed by atoms with E-state index < -0.39 is 0 Å². The highest BCUT2D eigenvalue weighted by atomic mass is 32.1.